The van der Waals surface area contributed by atoms with Gasteiger partial charge in [0.05, 0.1) is 23.5 Å². The summed E-state index contributed by atoms with van der Waals surface area (Å²) in [4.78, 5) is 19.7. The summed E-state index contributed by atoms with van der Waals surface area (Å²) >= 11 is 1.56. The lowest BCUT2D eigenvalue weighted by molar-refractivity contribution is -0.132. The Morgan fingerprint density at radius 1 is 1.38 bits per heavy atom. The third kappa shape index (κ3) is 2.73. The first-order valence-electron chi connectivity index (χ1n) is 7.91. The van der Waals surface area contributed by atoms with Crippen molar-refractivity contribution in [3.63, 3.8) is 0 Å². The second-order valence-electron chi connectivity index (χ2n) is 5.65. The molecule has 8 heteroatoms. The van der Waals surface area contributed by atoms with Crippen LogP contribution >= 0.6 is 11.3 Å². The van der Waals surface area contributed by atoms with Gasteiger partial charge in [0.1, 0.15) is 12.1 Å². The molecule has 1 aliphatic heterocycles. The van der Waals surface area contributed by atoms with Gasteiger partial charge in [-0.1, -0.05) is 13.0 Å². The maximum Gasteiger partial charge on any atom is 0.236 e. The van der Waals surface area contributed by atoms with E-state index < -0.39 is 0 Å². The van der Waals surface area contributed by atoms with E-state index >= 15 is 0 Å². The van der Waals surface area contributed by atoms with Crippen molar-refractivity contribution in [3.8, 4) is 10.8 Å². The van der Waals surface area contributed by atoms with Crippen LogP contribution in [0.3, 0.4) is 0 Å². The van der Waals surface area contributed by atoms with Crippen LogP contribution in [0.5, 0.6) is 0 Å². The molecule has 0 aromatic carbocycles. The van der Waals surface area contributed by atoms with Crippen molar-refractivity contribution in [3.05, 3.63) is 41.1 Å². The van der Waals surface area contributed by atoms with E-state index in [2.05, 4.69) is 26.7 Å². The molecule has 1 amide bonds. The third-order valence-electron chi connectivity index (χ3n) is 4.11. The second-order valence-corrected chi connectivity index (χ2v) is 6.60. The molecule has 0 atom stereocenters. The Morgan fingerprint density at radius 3 is 3.08 bits per heavy atom. The number of fused-ring (bicyclic) bond motifs is 1. The van der Waals surface area contributed by atoms with E-state index in [0.29, 0.717) is 24.7 Å². The zero-order valence-electron chi connectivity index (χ0n) is 13.3. The Kier molecular flexibility index (Phi) is 3.89. The van der Waals surface area contributed by atoms with E-state index in [4.69, 9.17) is 4.42 Å². The van der Waals surface area contributed by atoms with Crippen molar-refractivity contribution in [2.24, 2.45) is 0 Å². The third-order valence-corrected chi connectivity index (χ3v) is 4.97. The van der Waals surface area contributed by atoms with Crippen molar-refractivity contribution in [1.29, 1.82) is 0 Å². The fourth-order valence-corrected chi connectivity index (χ4v) is 3.52. The molecule has 0 N–H and O–H groups in total. The van der Waals surface area contributed by atoms with Crippen LogP contribution in [0.25, 0.3) is 10.8 Å². The maximum atomic E-state index is 12.5. The van der Waals surface area contributed by atoms with Gasteiger partial charge in [0.25, 0.3) is 0 Å². The van der Waals surface area contributed by atoms with Gasteiger partial charge in [-0.3, -0.25) is 4.79 Å². The summed E-state index contributed by atoms with van der Waals surface area (Å²) in [5, 5.41) is 10.3. The predicted octanol–water partition coefficient (Wildman–Crippen LogP) is 2.14. The second kappa shape index (κ2) is 6.20. The number of amides is 1. The number of rotatable bonds is 4. The number of aromatic nitrogens is 4. The van der Waals surface area contributed by atoms with E-state index in [-0.39, 0.29) is 12.3 Å². The Balaban J connectivity index is 1.44. The monoisotopic (exact) mass is 343 g/mol. The van der Waals surface area contributed by atoms with Gasteiger partial charge in [0.15, 0.2) is 5.82 Å². The first-order chi connectivity index (χ1) is 11.7. The highest BCUT2D eigenvalue weighted by Gasteiger charge is 2.24. The number of nitrogens with zero attached hydrogens (tertiary/aromatic N) is 5. The van der Waals surface area contributed by atoms with Gasteiger partial charge in [-0.2, -0.15) is 0 Å². The molecule has 24 heavy (non-hydrogen) atoms. The van der Waals surface area contributed by atoms with Crippen molar-refractivity contribution in [2.45, 2.75) is 32.9 Å². The molecule has 0 fully saturated rings. The van der Waals surface area contributed by atoms with Crippen LogP contribution in [-0.2, 0) is 30.7 Å². The van der Waals surface area contributed by atoms with Crippen LogP contribution in [0.1, 0.15) is 24.3 Å². The minimum Gasteiger partial charge on any atom is -0.444 e. The molecule has 0 saturated carbocycles. The lowest BCUT2D eigenvalue weighted by Crippen LogP contribution is -2.39. The zero-order chi connectivity index (χ0) is 16.5. The molecule has 1 aliphatic rings. The number of hydrogen-bond acceptors (Lipinski definition) is 6. The number of carbonyl (C=O) groups is 1. The number of aryl methyl sites for hydroxylation is 1. The molecule has 4 heterocycles. The molecule has 0 unspecified atom stereocenters. The fraction of sp³-hybridized carbons (Fsp3) is 0.375. The summed E-state index contributed by atoms with van der Waals surface area (Å²) < 4.78 is 7.58. The topological polar surface area (TPSA) is 77.0 Å². The Hall–Kier alpha value is -2.48. The van der Waals surface area contributed by atoms with E-state index in [1.54, 1.807) is 17.6 Å². The van der Waals surface area contributed by atoms with Crippen molar-refractivity contribution >= 4 is 17.2 Å². The molecular formula is C16H17N5O2S. The van der Waals surface area contributed by atoms with Gasteiger partial charge in [0.2, 0.25) is 11.8 Å². The molecule has 4 rings (SSSR count). The summed E-state index contributed by atoms with van der Waals surface area (Å²) in [6, 6.07) is 3.90. The highest BCUT2D eigenvalue weighted by Crippen LogP contribution is 2.24. The summed E-state index contributed by atoms with van der Waals surface area (Å²) in [7, 11) is 0. The SMILES string of the molecule is CCc1nnc2n1CCN(C(=O)Cc1coc(-c3cccs3)n1)C2. The predicted molar refractivity (Wildman–Crippen MR) is 88.3 cm³/mol. The minimum atomic E-state index is 0.0355. The first kappa shape index (κ1) is 15.1. The van der Waals surface area contributed by atoms with Crippen LogP contribution < -0.4 is 0 Å². The average molecular weight is 343 g/mol. The van der Waals surface area contributed by atoms with E-state index in [1.165, 1.54) is 0 Å². The van der Waals surface area contributed by atoms with Gasteiger partial charge in [-0.25, -0.2) is 4.98 Å². The van der Waals surface area contributed by atoms with Crippen molar-refractivity contribution in [1.82, 2.24) is 24.6 Å². The number of carbonyl (C=O) groups excluding carboxylic acids is 1. The lowest BCUT2D eigenvalue weighted by Gasteiger charge is -2.27. The molecule has 3 aromatic rings. The smallest absolute Gasteiger partial charge is 0.236 e. The molecule has 3 aromatic heterocycles. The van der Waals surface area contributed by atoms with Crippen LogP contribution in [0.15, 0.2) is 28.2 Å². The number of oxazole rings is 1. The van der Waals surface area contributed by atoms with Gasteiger partial charge in [-0.15, -0.1) is 21.5 Å². The summed E-state index contributed by atoms with van der Waals surface area (Å²) in [6.07, 6.45) is 2.66. The molecule has 0 saturated heterocycles. The Morgan fingerprint density at radius 2 is 2.29 bits per heavy atom. The highest BCUT2D eigenvalue weighted by molar-refractivity contribution is 7.13. The van der Waals surface area contributed by atoms with Crippen LogP contribution in [-0.4, -0.2) is 37.1 Å². The quantitative estimate of drug-likeness (QED) is 0.725. The van der Waals surface area contributed by atoms with Crippen LogP contribution in [0, 0.1) is 0 Å². The number of hydrogen-bond donors (Lipinski definition) is 0. The summed E-state index contributed by atoms with van der Waals surface area (Å²) in [5.74, 6) is 2.44. The molecule has 0 aliphatic carbocycles. The first-order valence-corrected chi connectivity index (χ1v) is 8.79. The fourth-order valence-electron chi connectivity index (χ4n) is 2.86. The van der Waals surface area contributed by atoms with Crippen LogP contribution in [0.2, 0.25) is 0 Å². The Bertz CT molecular complexity index is 852. The van der Waals surface area contributed by atoms with Gasteiger partial charge < -0.3 is 13.9 Å². The van der Waals surface area contributed by atoms with Gasteiger partial charge in [-0.05, 0) is 11.4 Å². The van der Waals surface area contributed by atoms with Gasteiger partial charge >= 0.3 is 0 Å². The van der Waals surface area contributed by atoms with Crippen molar-refractivity contribution < 1.29 is 9.21 Å². The highest BCUT2D eigenvalue weighted by atomic mass is 32.1. The largest absolute Gasteiger partial charge is 0.444 e. The maximum absolute atomic E-state index is 12.5. The van der Waals surface area contributed by atoms with E-state index in [0.717, 1.165) is 29.5 Å². The zero-order valence-corrected chi connectivity index (χ0v) is 14.1. The van der Waals surface area contributed by atoms with E-state index in [9.17, 15) is 4.79 Å². The molecular weight excluding hydrogens is 326 g/mol. The average Bonchev–Trinajstić information content (AvgIpc) is 3.34. The normalized spacial score (nSPS) is 14.0. The molecule has 0 radical (unpaired) electrons. The van der Waals surface area contributed by atoms with Crippen LogP contribution in [0.4, 0.5) is 0 Å². The Labute approximate surface area is 142 Å². The number of thiophene rings is 1. The van der Waals surface area contributed by atoms with E-state index in [1.807, 2.05) is 22.4 Å². The summed E-state index contributed by atoms with van der Waals surface area (Å²) in [6.45, 7) is 3.98. The standard InChI is InChI=1S/C16H17N5O2S/c1-2-13-18-19-14-9-20(5-6-21(13)14)15(22)8-11-10-23-16(17-11)12-4-3-7-24-12/h3-4,7,10H,2,5-6,8-9H2,1H3. The minimum absolute atomic E-state index is 0.0355. The van der Waals surface area contributed by atoms with Crippen molar-refractivity contribution in [2.75, 3.05) is 6.54 Å². The van der Waals surface area contributed by atoms with Gasteiger partial charge in [0, 0.05) is 19.5 Å². The lowest BCUT2D eigenvalue weighted by atomic mass is 10.2. The molecule has 0 bridgehead atoms. The molecule has 124 valence electrons. The molecule has 0 spiro atoms. The molecule has 7 nitrogen and oxygen atoms in total. The summed E-state index contributed by atoms with van der Waals surface area (Å²) in [5.41, 5.74) is 0.657.